The van der Waals surface area contributed by atoms with Gasteiger partial charge in [0.1, 0.15) is 10.6 Å². The van der Waals surface area contributed by atoms with Crippen molar-refractivity contribution < 1.29 is 32.6 Å². The van der Waals surface area contributed by atoms with E-state index in [-0.39, 0.29) is 52.7 Å². The number of hydrogen-bond acceptors (Lipinski definition) is 6. The fourth-order valence-electron chi connectivity index (χ4n) is 2.82. The number of aromatic amines is 1. The Hall–Kier alpha value is -3.34. The number of esters is 1. The number of nitrogens with one attached hydrogen (secondary N) is 3. The van der Waals surface area contributed by atoms with Crippen molar-refractivity contribution in [2.45, 2.75) is 32.1 Å². The maximum Gasteiger partial charge on any atom is 0.355 e. The van der Waals surface area contributed by atoms with E-state index in [9.17, 15) is 22.8 Å². The number of carbonyl (C=O) groups excluding carboxylic acids is 2. The molecule has 0 atom stereocenters. The number of carboxylic acid groups (broad SMARTS) is 1. The van der Waals surface area contributed by atoms with Gasteiger partial charge in [-0.15, -0.1) is 0 Å². The predicted molar refractivity (Wildman–Crippen MR) is 108 cm³/mol. The Morgan fingerprint density at radius 2 is 1.77 bits per heavy atom. The van der Waals surface area contributed by atoms with Gasteiger partial charge >= 0.3 is 11.9 Å². The Balaban J connectivity index is 2.17. The smallest absolute Gasteiger partial charge is 0.355 e. The van der Waals surface area contributed by atoms with Gasteiger partial charge in [-0.2, -0.15) is 0 Å². The molecule has 0 spiro atoms. The second-order valence-corrected chi connectivity index (χ2v) is 8.00. The predicted octanol–water partition coefficient (Wildman–Crippen LogP) is 1.81. The average molecular weight is 437 g/mol. The summed E-state index contributed by atoms with van der Waals surface area (Å²) < 4.78 is 33.0. The standard InChI is InChI=1S/C19H23N3O7S/c1-4-29-19(26)16-11(2)17(12(3)21-16)30(27,28)22-14-7-5-13(6-8-14)18(25)20-10-9-15(23)24/h5-8,21-22H,4,9-10H2,1-3H3,(H,20,25)(H,23,24). The van der Waals surface area contributed by atoms with Crippen LogP contribution in [0.25, 0.3) is 0 Å². The fourth-order valence-corrected chi connectivity index (χ4v) is 4.33. The van der Waals surface area contributed by atoms with E-state index in [2.05, 4.69) is 15.0 Å². The minimum Gasteiger partial charge on any atom is -0.481 e. The van der Waals surface area contributed by atoms with Gasteiger partial charge in [-0.05, 0) is 45.0 Å². The third kappa shape index (κ3) is 5.38. The van der Waals surface area contributed by atoms with Crippen LogP contribution in [-0.2, 0) is 19.6 Å². The second kappa shape index (κ2) is 9.44. The molecule has 0 aliphatic carbocycles. The lowest BCUT2D eigenvalue weighted by Crippen LogP contribution is -2.25. The molecule has 1 aromatic carbocycles. The second-order valence-electron chi connectivity index (χ2n) is 6.38. The van der Waals surface area contributed by atoms with Crippen molar-refractivity contribution in [3.8, 4) is 0 Å². The highest BCUT2D eigenvalue weighted by molar-refractivity contribution is 7.92. The van der Waals surface area contributed by atoms with Crippen molar-refractivity contribution in [2.24, 2.45) is 0 Å². The van der Waals surface area contributed by atoms with Crippen molar-refractivity contribution in [1.29, 1.82) is 0 Å². The minimum atomic E-state index is -4.01. The maximum atomic E-state index is 12.8. The molecule has 0 aliphatic rings. The average Bonchev–Trinajstić information content (AvgIpc) is 2.97. The van der Waals surface area contributed by atoms with Gasteiger partial charge in [0.05, 0.1) is 13.0 Å². The van der Waals surface area contributed by atoms with E-state index in [1.54, 1.807) is 6.92 Å². The van der Waals surface area contributed by atoms with Crippen LogP contribution in [0, 0.1) is 13.8 Å². The van der Waals surface area contributed by atoms with Gasteiger partial charge in [-0.1, -0.05) is 0 Å². The molecule has 0 fully saturated rings. The SMILES string of the molecule is CCOC(=O)c1[nH]c(C)c(S(=O)(=O)Nc2ccc(C(=O)NCCC(=O)O)cc2)c1C. The summed E-state index contributed by atoms with van der Waals surface area (Å²) in [5.41, 5.74) is 1.07. The monoisotopic (exact) mass is 437 g/mol. The largest absolute Gasteiger partial charge is 0.481 e. The normalized spacial score (nSPS) is 11.0. The van der Waals surface area contributed by atoms with Crippen molar-refractivity contribution in [2.75, 3.05) is 17.9 Å². The van der Waals surface area contributed by atoms with E-state index in [0.717, 1.165) is 0 Å². The summed E-state index contributed by atoms with van der Waals surface area (Å²) in [4.78, 5) is 37.1. The Labute approximate surface area is 173 Å². The molecule has 2 aromatic rings. The number of rotatable bonds is 9. The van der Waals surface area contributed by atoms with Crippen molar-refractivity contribution in [1.82, 2.24) is 10.3 Å². The zero-order valence-corrected chi connectivity index (χ0v) is 17.6. The highest BCUT2D eigenvalue weighted by atomic mass is 32.2. The molecule has 162 valence electrons. The molecule has 0 bridgehead atoms. The first-order valence-corrected chi connectivity index (χ1v) is 10.5. The van der Waals surface area contributed by atoms with Crippen LogP contribution >= 0.6 is 0 Å². The number of aromatic nitrogens is 1. The van der Waals surface area contributed by atoms with Gasteiger partial charge in [0.15, 0.2) is 0 Å². The third-order valence-electron chi connectivity index (χ3n) is 4.14. The lowest BCUT2D eigenvalue weighted by molar-refractivity contribution is -0.136. The Morgan fingerprint density at radius 3 is 2.33 bits per heavy atom. The van der Waals surface area contributed by atoms with Gasteiger partial charge in [-0.25, -0.2) is 13.2 Å². The number of aliphatic carboxylic acids is 1. The first kappa shape index (κ1) is 22.9. The van der Waals surface area contributed by atoms with E-state index in [1.807, 2.05) is 0 Å². The molecule has 11 heteroatoms. The van der Waals surface area contributed by atoms with Crippen molar-refractivity contribution >= 4 is 33.6 Å². The van der Waals surface area contributed by atoms with Crippen LogP contribution in [0.5, 0.6) is 0 Å². The van der Waals surface area contributed by atoms with Gasteiger partial charge in [0.2, 0.25) is 0 Å². The van der Waals surface area contributed by atoms with E-state index < -0.39 is 27.9 Å². The number of hydrogen-bond donors (Lipinski definition) is 4. The Morgan fingerprint density at radius 1 is 1.13 bits per heavy atom. The molecule has 1 aromatic heterocycles. The summed E-state index contributed by atoms with van der Waals surface area (Å²) in [5.74, 6) is -2.14. The molecule has 30 heavy (non-hydrogen) atoms. The van der Waals surface area contributed by atoms with Gasteiger partial charge in [0.25, 0.3) is 15.9 Å². The zero-order chi connectivity index (χ0) is 22.5. The molecule has 10 nitrogen and oxygen atoms in total. The summed E-state index contributed by atoms with van der Waals surface area (Å²) >= 11 is 0. The Bertz CT molecular complexity index is 1060. The van der Waals surface area contributed by atoms with Crippen LogP contribution in [0.2, 0.25) is 0 Å². The quantitative estimate of drug-likeness (QED) is 0.436. The number of anilines is 1. The van der Waals surface area contributed by atoms with E-state index >= 15 is 0 Å². The van der Waals surface area contributed by atoms with Crippen LogP contribution in [0.3, 0.4) is 0 Å². The number of sulfonamides is 1. The molecule has 2 rings (SSSR count). The summed E-state index contributed by atoms with van der Waals surface area (Å²) in [6, 6.07) is 5.64. The fraction of sp³-hybridized carbons (Fsp3) is 0.316. The first-order valence-electron chi connectivity index (χ1n) is 9.06. The molecule has 0 unspecified atom stereocenters. The molecule has 1 heterocycles. The Kier molecular flexibility index (Phi) is 7.22. The van der Waals surface area contributed by atoms with E-state index in [0.29, 0.717) is 0 Å². The lowest BCUT2D eigenvalue weighted by Gasteiger charge is -2.10. The summed E-state index contributed by atoms with van der Waals surface area (Å²) in [6.07, 6.45) is -0.202. The van der Waals surface area contributed by atoms with E-state index in [4.69, 9.17) is 9.84 Å². The van der Waals surface area contributed by atoms with Crippen LogP contribution in [0.1, 0.15) is 45.4 Å². The molecular formula is C19H23N3O7S. The highest BCUT2D eigenvalue weighted by Gasteiger charge is 2.27. The van der Waals surface area contributed by atoms with Crippen LogP contribution in [0.4, 0.5) is 5.69 Å². The number of amides is 1. The number of ether oxygens (including phenoxy) is 1. The lowest BCUT2D eigenvalue weighted by atomic mass is 10.2. The third-order valence-corrected chi connectivity index (χ3v) is 5.79. The van der Waals surface area contributed by atoms with Crippen molar-refractivity contribution in [3.63, 3.8) is 0 Å². The molecule has 0 aliphatic heterocycles. The van der Waals surface area contributed by atoms with Gasteiger partial charge in [-0.3, -0.25) is 14.3 Å². The summed E-state index contributed by atoms with van der Waals surface area (Å²) in [7, 11) is -4.01. The summed E-state index contributed by atoms with van der Waals surface area (Å²) in [5, 5.41) is 11.0. The first-order chi connectivity index (χ1) is 14.1. The van der Waals surface area contributed by atoms with Crippen LogP contribution in [-0.4, -0.2) is 49.5 Å². The zero-order valence-electron chi connectivity index (χ0n) is 16.7. The molecule has 1 amide bonds. The van der Waals surface area contributed by atoms with Gasteiger partial charge < -0.3 is 20.1 Å². The summed E-state index contributed by atoms with van der Waals surface area (Å²) in [6.45, 7) is 4.84. The van der Waals surface area contributed by atoms with Crippen LogP contribution in [0.15, 0.2) is 29.2 Å². The number of aryl methyl sites for hydroxylation is 1. The van der Waals surface area contributed by atoms with Gasteiger partial charge in [0, 0.05) is 29.1 Å². The van der Waals surface area contributed by atoms with Crippen molar-refractivity contribution in [3.05, 3.63) is 46.8 Å². The van der Waals surface area contributed by atoms with Crippen LogP contribution < -0.4 is 10.0 Å². The highest BCUT2D eigenvalue weighted by Crippen LogP contribution is 2.26. The number of carbonyl (C=O) groups is 3. The van der Waals surface area contributed by atoms with E-state index in [1.165, 1.54) is 38.1 Å². The molecule has 0 radical (unpaired) electrons. The molecule has 4 N–H and O–H groups in total. The maximum absolute atomic E-state index is 12.8. The topological polar surface area (TPSA) is 155 Å². The number of carboxylic acids is 1. The molecule has 0 saturated carbocycles. The molecular weight excluding hydrogens is 414 g/mol. The minimum absolute atomic E-state index is 0.0165. The number of H-pyrrole nitrogens is 1. The number of benzene rings is 1. The molecule has 0 saturated heterocycles.